The van der Waals surface area contributed by atoms with Gasteiger partial charge in [0.05, 0.1) is 5.56 Å². The number of nitrogens with zero attached hydrogens (tertiary/aromatic N) is 1. The highest BCUT2D eigenvalue weighted by molar-refractivity contribution is 7.16. The number of thiophene rings is 1. The predicted molar refractivity (Wildman–Crippen MR) is 70.6 cm³/mol. The zero-order valence-electron chi connectivity index (χ0n) is 10.2. The fraction of sp³-hybridized carbons (Fsp3) is 0.538. The molecule has 1 amide bonds. The number of unbranched alkanes of at least 4 members (excludes halogenated alkanes) is 1. The third-order valence-electron chi connectivity index (χ3n) is 3.10. The van der Waals surface area contributed by atoms with Crippen LogP contribution >= 0.6 is 11.3 Å². The Morgan fingerprint density at radius 2 is 2.28 bits per heavy atom. The van der Waals surface area contributed by atoms with Crippen LogP contribution in [-0.4, -0.2) is 17.6 Å². The summed E-state index contributed by atoms with van der Waals surface area (Å²) in [5.41, 5.74) is 1.79. The number of fused-ring (bicyclic) bond motifs is 1. The van der Waals surface area contributed by atoms with E-state index in [4.69, 9.17) is 5.11 Å². The minimum atomic E-state index is -0.0696. The predicted octanol–water partition coefficient (Wildman–Crippen LogP) is 2.21. The van der Waals surface area contributed by atoms with Crippen LogP contribution in [0.25, 0.3) is 0 Å². The molecule has 0 saturated heterocycles. The number of rotatable bonds is 5. The van der Waals surface area contributed by atoms with Gasteiger partial charge in [-0.05, 0) is 37.7 Å². The highest BCUT2D eigenvalue weighted by atomic mass is 32.1. The van der Waals surface area contributed by atoms with Gasteiger partial charge in [-0.3, -0.25) is 4.79 Å². The summed E-state index contributed by atoms with van der Waals surface area (Å²) in [4.78, 5) is 12.9. The molecule has 0 atom stereocenters. The lowest BCUT2D eigenvalue weighted by atomic mass is 10.1. The molecule has 2 N–H and O–H groups in total. The Morgan fingerprint density at radius 3 is 3.00 bits per heavy atom. The van der Waals surface area contributed by atoms with Crippen LogP contribution in [0.2, 0.25) is 0 Å². The number of anilines is 1. The average molecular weight is 264 g/mol. The number of hydrogen-bond acceptors (Lipinski definition) is 4. The summed E-state index contributed by atoms with van der Waals surface area (Å²) < 4.78 is 0. The van der Waals surface area contributed by atoms with Crippen molar-refractivity contribution in [2.24, 2.45) is 0 Å². The molecule has 0 aliphatic heterocycles. The van der Waals surface area contributed by atoms with Gasteiger partial charge in [0.25, 0.3) is 0 Å². The molecule has 0 radical (unpaired) electrons. The van der Waals surface area contributed by atoms with E-state index in [-0.39, 0.29) is 12.5 Å². The Morgan fingerprint density at radius 1 is 1.44 bits per heavy atom. The topological polar surface area (TPSA) is 73.1 Å². The molecule has 1 aliphatic carbocycles. The second-order valence-electron chi connectivity index (χ2n) is 4.40. The molecule has 0 aromatic carbocycles. The van der Waals surface area contributed by atoms with E-state index >= 15 is 0 Å². The first-order valence-corrected chi connectivity index (χ1v) is 7.03. The molecule has 0 spiro atoms. The van der Waals surface area contributed by atoms with Crippen LogP contribution in [0, 0.1) is 11.3 Å². The van der Waals surface area contributed by atoms with E-state index in [1.54, 1.807) is 0 Å². The quantitative estimate of drug-likeness (QED) is 0.801. The lowest BCUT2D eigenvalue weighted by Gasteiger charge is -2.03. The van der Waals surface area contributed by atoms with Crippen molar-refractivity contribution in [3.8, 4) is 6.07 Å². The fourth-order valence-electron chi connectivity index (χ4n) is 2.20. The third kappa shape index (κ3) is 2.71. The van der Waals surface area contributed by atoms with Crippen molar-refractivity contribution in [2.75, 3.05) is 11.9 Å². The molecule has 96 valence electrons. The number of carbonyl (C=O) groups excluding carboxylic acids is 1. The Bertz CT molecular complexity index is 488. The van der Waals surface area contributed by atoms with Crippen molar-refractivity contribution >= 4 is 22.2 Å². The Labute approximate surface area is 110 Å². The second kappa shape index (κ2) is 5.98. The monoisotopic (exact) mass is 264 g/mol. The summed E-state index contributed by atoms with van der Waals surface area (Å²) >= 11 is 1.54. The van der Waals surface area contributed by atoms with E-state index in [9.17, 15) is 10.1 Å². The summed E-state index contributed by atoms with van der Waals surface area (Å²) in [5.74, 6) is -0.0696. The minimum Gasteiger partial charge on any atom is -0.396 e. The van der Waals surface area contributed by atoms with Crippen LogP contribution in [-0.2, 0) is 17.6 Å². The maximum absolute atomic E-state index is 11.7. The smallest absolute Gasteiger partial charge is 0.225 e. The molecule has 0 bridgehead atoms. The number of carbonyl (C=O) groups is 1. The normalized spacial score (nSPS) is 13.1. The van der Waals surface area contributed by atoms with Crippen molar-refractivity contribution in [1.82, 2.24) is 0 Å². The first kappa shape index (κ1) is 13.1. The van der Waals surface area contributed by atoms with Gasteiger partial charge in [0, 0.05) is 17.9 Å². The largest absolute Gasteiger partial charge is 0.396 e. The van der Waals surface area contributed by atoms with Crippen LogP contribution in [0.3, 0.4) is 0 Å². The number of nitrogens with one attached hydrogen (secondary N) is 1. The standard InChI is InChI=1S/C13H16N2O2S/c14-8-10-9-4-3-5-11(9)18-13(10)15-12(17)6-1-2-7-16/h16H,1-7H2,(H,15,17). The number of aliphatic hydroxyl groups is 1. The molecule has 5 heteroatoms. The second-order valence-corrected chi connectivity index (χ2v) is 5.51. The maximum atomic E-state index is 11.7. The number of nitriles is 1. The first-order valence-electron chi connectivity index (χ1n) is 6.21. The Kier molecular flexibility index (Phi) is 4.34. The van der Waals surface area contributed by atoms with E-state index in [1.165, 1.54) is 16.2 Å². The van der Waals surface area contributed by atoms with Gasteiger partial charge in [-0.15, -0.1) is 11.3 Å². The van der Waals surface area contributed by atoms with Crippen LogP contribution < -0.4 is 5.32 Å². The van der Waals surface area contributed by atoms with Crippen LogP contribution in [0.15, 0.2) is 0 Å². The van der Waals surface area contributed by atoms with E-state index < -0.39 is 0 Å². The molecule has 2 rings (SSSR count). The van der Waals surface area contributed by atoms with Gasteiger partial charge in [-0.25, -0.2) is 0 Å². The van der Waals surface area contributed by atoms with Gasteiger partial charge in [-0.2, -0.15) is 5.26 Å². The number of aliphatic hydroxyl groups excluding tert-OH is 1. The zero-order valence-corrected chi connectivity index (χ0v) is 11.0. The van der Waals surface area contributed by atoms with Crippen LogP contribution in [0.5, 0.6) is 0 Å². The molecule has 18 heavy (non-hydrogen) atoms. The highest BCUT2D eigenvalue weighted by Crippen LogP contribution is 2.38. The average Bonchev–Trinajstić information content (AvgIpc) is 2.89. The molecule has 1 aromatic heterocycles. The minimum absolute atomic E-state index is 0.0696. The zero-order chi connectivity index (χ0) is 13.0. The third-order valence-corrected chi connectivity index (χ3v) is 4.31. The van der Waals surface area contributed by atoms with Crippen molar-refractivity contribution < 1.29 is 9.90 Å². The summed E-state index contributed by atoms with van der Waals surface area (Å²) in [5, 5.41) is 21.4. The van der Waals surface area contributed by atoms with E-state index in [1.807, 2.05) is 0 Å². The maximum Gasteiger partial charge on any atom is 0.225 e. The SMILES string of the molecule is N#Cc1c(NC(=O)CCCCO)sc2c1CCC2. The summed E-state index contributed by atoms with van der Waals surface area (Å²) in [6, 6.07) is 2.20. The summed E-state index contributed by atoms with van der Waals surface area (Å²) in [6.07, 6.45) is 4.80. The van der Waals surface area contributed by atoms with Crippen molar-refractivity contribution in [2.45, 2.75) is 38.5 Å². The molecular weight excluding hydrogens is 248 g/mol. The van der Waals surface area contributed by atoms with Crippen molar-refractivity contribution in [3.05, 3.63) is 16.0 Å². The fourth-order valence-corrected chi connectivity index (χ4v) is 3.45. The molecule has 0 unspecified atom stereocenters. The number of hydrogen-bond donors (Lipinski definition) is 2. The molecule has 0 saturated carbocycles. The van der Waals surface area contributed by atoms with Crippen molar-refractivity contribution in [1.29, 1.82) is 5.26 Å². The van der Waals surface area contributed by atoms with Gasteiger partial charge in [0.1, 0.15) is 11.1 Å². The molecule has 1 aromatic rings. The van der Waals surface area contributed by atoms with E-state index in [0.29, 0.717) is 29.8 Å². The highest BCUT2D eigenvalue weighted by Gasteiger charge is 2.22. The van der Waals surface area contributed by atoms with Crippen LogP contribution in [0.4, 0.5) is 5.00 Å². The molecule has 0 fully saturated rings. The molecule has 4 nitrogen and oxygen atoms in total. The van der Waals surface area contributed by atoms with Gasteiger partial charge in [-0.1, -0.05) is 0 Å². The van der Waals surface area contributed by atoms with Gasteiger partial charge in [0.15, 0.2) is 0 Å². The van der Waals surface area contributed by atoms with E-state index in [2.05, 4.69) is 11.4 Å². The van der Waals surface area contributed by atoms with Gasteiger partial charge < -0.3 is 10.4 Å². The molecule has 1 aliphatic rings. The number of aryl methyl sites for hydroxylation is 1. The molecular formula is C13H16N2O2S. The lowest BCUT2D eigenvalue weighted by molar-refractivity contribution is -0.116. The van der Waals surface area contributed by atoms with Gasteiger partial charge >= 0.3 is 0 Å². The molecule has 1 heterocycles. The number of amides is 1. The van der Waals surface area contributed by atoms with E-state index in [0.717, 1.165) is 24.8 Å². The lowest BCUT2D eigenvalue weighted by Crippen LogP contribution is -2.11. The first-order chi connectivity index (χ1) is 8.76. The summed E-state index contributed by atoms with van der Waals surface area (Å²) in [6.45, 7) is 0.115. The summed E-state index contributed by atoms with van der Waals surface area (Å²) in [7, 11) is 0. The van der Waals surface area contributed by atoms with Crippen molar-refractivity contribution in [3.63, 3.8) is 0 Å². The Hall–Kier alpha value is -1.38. The van der Waals surface area contributed by atoms with Crippen LogP contribution in [0.1, 0.15) is 41.7 Å². The van der Waals surface area contributed by atoms with Gasteiger partial charge in [0.2, 0.25) is 5.91 Å². The Balaban J connectivity index is 2.02.